The summed E-state index contributed by atoms with van der Waals surface area (Å²) < 4.78 is 32.9. The molecule has 0 aliphatic carbocycles. The van der Waals surface area contributed by atoms with Crippen molar-refractivity contribution in [3.8, 4) is 0 Å². The first kappa shape index (κ1) is 23.0. The van der Waals surface area contributed by atoms with Crippen LogP contribution in [0.1, 0.15) is 35.4 Å². The first-order valence-corrected chi connectivity index (χ1v) is 11.9. The first-order valence-electron chi connectivity index (χ1n) is 10.4. The van der Waals surface area contributed by atoms with E-state index >= 15 is 0 Å². The van der Waals surface area contributed by atoms with E-state index in [1.807, 2.05) is 60.7 Å². The Hall–Kier alpha value is -2.70. The standard InChI is InChI=1S/C25H29NO4S/c1-3-24(15-14-20-9-5-4-6-10-20)31(28,29)26-16-8-13-23(19-26)22-12-7-11-21(17-22)18-25(27)30-2/h3-7,9-12,14-15,17,23-24H,1,8,13,16,18-19H2,2H3. The van der Waals surface area contributed by atoms with Crippen molar-refractivity contribution >= 4 is 22.1 Å². The van der Waals surface area contributed by atoms with Crippen molar-refractivity contribution in [1.29, 1.82) is 0 Å². The zero-order chi connectivity index (χ0) is 22.3. The number of carbonyl (C=O) groups is 1. The molecule has 0 spiro atoms. The fraction of sp³-hybridized carbons (Fsp3) is 0.320. The molecule has 2 atom stereocenters. The molecule has 3 rings (SSSR count). The highest BCUT2D eigenvalue weighted by Gasteiger charge is 2.33. The number of carbonyl (C=O) groups excluding carboxylic acids is 1. The van der Waals surface area contributed by atoms with Crippen LogP contribution in [0.2, 0.25) is 0 Å². The van der Waals surface area contributed by atoms with Gasteiger partial charge in [0.1, 0.15) is 5.25 Å². The van der Waals surface area contributed by atoms with Gasteiger partial charge in [-0.3, -0.25) is 4.79 Å². The number of hydrogen-bond acceptors (Lipinski definition) is 4. The molecule has 1 fully saturated rings. The molecule has 2 unspecified atom stereocenters. The van der Waals surface area contributed by atoms with Gasteiger partial charge >= 0.3 is 5.97 Å². The summed E-state index contributed by atoms with van der Waals surface area (Å²) >= 11 is 0. The Balaban J connectivity index is 1.75. The van der Waals surface area contributed by atoms with Crippen LogP contribution in [0.5, 0.6) is 0 Å². The molecule has 31 heavy (non-hydrogen) atoms. The van der Waals surface area contributed by atoms with Gasteiger partial charge in [0.2, 0.25) is 10.0 Å². The maximum atomic E-state index is 13.3. The third-order valence-corrected chi connectivity index (χ3v) is 7.69. The van der Waals surface area contributed by atoms with Crippen LogP contribution in [0.3, 0.4) is 0 Å². The van der Waals surface area contributed by atoms with E-state index in [1.165, 1.54) is 13.2 Å². The number of esters is 1. The Morgan fingerprint density at radius 1 is 1.23 bits per heavy atom. The van der Waals surface area contributed by atoms with E-state index < -0.39 is 15.3 Å². The maximum absolute atomic E-state index is 13.3. The lowest BCUT2D eigenvalue weighted by molar-refractivity contribution is -0.139. The quantitative estimate of drug-likeness (QED) is 0.457. The Kier molecular flexibility index (Phi) is 7.82. The maximum Gasteiger partial charge on any atom is 0.309 e. The van der Waals surface area contributed by atoms with E-state index in [-0.39, 0.29) is 18.3 Å². The summed E-state index contributed by atoms with van der Waals surface area (Å²) in [5.41, 5.74) is 2.87. The third-order valence-electron chi connectivity index (χ3n) is 5.60. The molecule has 0 amide bonds. The molecule has 0 aromatic heterocycles. The number of nitrogens with zero attached hydrogens (tertiary/aromatic N) is 1. The molecule has 1 heterocycles. The van der Waals surface area contributed by atoms with Crippen LogP contribution in [0.15, 0.2) is 73.3 Å². The highest BCUT2D eigenvalue weighted by atomic mass is 32.2. The lowest BCUT2D eigenvalue weighted by Crippen LogP contribution is -2.43. The van der Waals surface area contributed by atoms with Crippen molar-refractivity contribution in [3.05, 3.63) is 90.0 Å². The molecule has 5 nitrogen and oxygen atoms in total. The molecule has 1 saturated heterocycles. The predicted octanol–water partition coefficient (Wildman–Crippen LogP) is 4.18. The fourth-order valence-corrected chi connectivity index (χ4v) is 5.52. The van der Waals surface area contributed by atoms with Crippen molar-refractivity contribution < 1.29 is 17.9 Å². The third kappa shape index (κ3) is 5.93. The molecule has 0 radical (unpaired) electrons. The summed E-state index contributed by atoms with van der Waals surface area (Å²) in [6, 6.07) is 17.4. The van der Waals surface area contributed by atoms with Gasteiger partial charge in [-0.15, -0.1) is 6.58 Å². The summed E-state index contributed by atoms with van der Waals surface area (Å²) in [6.45, 7) is 4.69. The number of rotatable bonds is 8. The summed E-state index contributed by atoms with van der Waals surface area (Å²) in [5, 5.41) is -0.780. The second kappa shape index (κ2) is 10.6. The van der Waals surface area contributed by atoms with Gasteiger partial charge in [-0.25, -0.2) is 12.7 Å². The zero-order valence-electron chi connectivity index (χ0n) is 17.8. The smallest absolute Gasteiger partial charge is 0.309 e. The first-order chi connectivity index (χ1) is 14.9. The topological polar surface area (TPSA) is 63.7 Å². The second-order valence-electron chi connectivity index (χ2n) is 7.71. The number of benzene rings is 2. The fourth-order valence-electron chi connectivity index (χ4n) is 3.88. The van der Waals surface area contributed by atoms with Gasteiger partial charge < -0.3 is 4.74 Å². The average Bonchev–Trinajstić information content (AvgIpc) is 2.80. The highest BCUT2D eigenvalue weighted by molar-refractivity contribution is 7.90. The Morgan fingerprint density at radius 3 is 2.71 bits per heavy atom. The van der Waals surface area contributed by atoms with Crippen molar-refractivity contribution in [3.63, 3.8) is 0 Å². The van der Waals surface area contributed by atoms with Gasteiger partial charge in [-0.05, 0) is 35.4 Å². The van der Waals surface area contributed by atoms with Crippen LogP contribution in [-0.4, -0.2) is 44.1 Å². The highest BCUT2D eigenvalue weighted by Crippen LogP contribution is 2.30. The number of sulfonamides is 1. The lowest BCUT2D eigenvalue weighted by atomic mass is 9.90. The Bertz CT molecular complexity index is 1030. The second-order valence-corrected chi connectivity index (χ2v) is 9.80. The molecule has 0 bridgehead atoms. The van der Waals surface area contributed by atoms with E-state index in [4.69, 9.17) is 4.74 Å². The van der Waals surface area contributed by atoms with E-state index in [0.717, 1.165) is 29.5 Å². The molecule has 0 N–H and O–H groups in total. The average molecular weight is 440 g/mol. The van der Waals surface area contributed by atoms with Crippen molar-refractivity contribution in [2.24, 2.45) is 0 Å². The van der Waals surface area contributed by atoms with Crippen molar-refractivity contribution in [1.82, 2.24) is 4.31 Å². The van der Waals surface area contributed by atoms with Crippen LogP contribution >= 0.6 is 0 Å². The number of ether oxygens (including phenoxy) is 1. The Labute approximate surface area is 185 Å². The minimum absolute atomic E-state index is 0.0877. The van der Waals surface area contributed by atoms with E-state index in [9.17, 15) is 13.2 Å². The molecular weight excluding hydrogens is 410 g/mol. The molecule has 1 aliphatic rings. The van der Waals surface area contributed by atoms with Gasteiger partial charge in [0.05, 0.1) is 13.5 Å². The molecule has 164 valence electrons. The van der Waals surface area contributed by atoms with Gasteiger partial charge in [-0.1, -0.05) is 72.8 Å². The largest absolute Gasteiger partial charge is 0.469 e. The molecule has 2 aromatic carbocycles. The van der Waals surface area contributed by atoms with Crippen molar-refractivity contribution in [2.45, 2.75) is 30.4 Å². The van der Waals surface area contributed by atoms with Gasteiger partial charge in [-0.2, -0.15) is 0 Å². The van der Waals surface area contributed by atoms with E-state index in [2.05, 4.69) is 6.58 Å². The minimum Gasteiger partial charge on any atom is -0.469 e. The van der Waals surface area contributed by atoms with Crippen LogP contribution < -0.4 is 0 Å². The van der Waals surface area contributed by atoms with E-state index in [1.54, 1.807) is 10.4 Å². The van der Waals surface area contributed by atoms with Crippen LogP contribution in [0.4, 0.5) is 0 Å². The monoisotopic (exact) mass is 439 g/mol. The van der Waals surface area contributed by atoms with Gasteiger partial charge in [0.15, 0.2) is 0 Å². The summed E-state index contributed by atoms with van der Waals surface area (Å²) in [6.07, 6.45) is 6.90. The summed E-state index contributed by atoms with van der Waals surface area (Å²) in [4.78, 5) is 11.6. The molecule has 0 saturated carbocycles. The number of hydrogen-bond donors (Lipinski definition) is 0. The van der Waals surface area contributed by atoms with Crippen LogP contribution in [-0.2, 0) is 26.0 Å². The summed E-state index contributed by atoms with van der Waals surface area (Å²) in [5.74, 6) is -0.200. The molecule has 2 aromatic rings. The Morgan fingerprint density at radius 2 is 2.00 bits per heavy atom. The molecule has 6 heteroatoms. The van der Waals surface area contributed by atoms with E-state index in [0.29, 0.717) is 13.1 Å². The van der Waals surface area contributed by atoms with Crippen LogP contribution in [0, 0.1) is 0 Å². The van der Waals surface area contributed by atoms with Crippen molar-refractivity contribution in [2.75, 3.05) is 20.2 Å². The number of methoxy groups -OCH3 is 1. The SMILES string of the molecule is C=CC(C=Cc1ccccc1)S(=O)(=O)N1CCCC(c2cccc(CC(=O)OC)c2)C1. The zero-order valence-corrected chi connectivity index (χ0v) is 18.6. The summed E-state index contributed by atoms with van der Waals surface area (Å²) in [7, 11) is -2.19. The molecular formula is C25H29NO4S. The van der Waals surface area contributed by atoms with Crippen LogP contribution in [0.25, 0.3) is 6.08 Å². The predicted molar refractivity (Wildman–Crippen MR) is 124 cm³/mol. The van der Waals surface area contributed by atoms with Gasteiger partial charge in [0.25, 0.3) is 0 Å². The molecule has 1 aliphatic heterocycles. The lowest BCUT2D eigenvalue weighted by Gasteiger charge is -2.33. The van der Waals surface area contributed by atoms with Gasteiger partial charge in [0, 0.05) is 13.1 Å². The minimum atomic E-state index is -3.56. The number of piperidine rings is 1. The normalized spacial score (nSPS) is 18.5.